The second-order valence-corrected chi connectivity index (χ2v) is 9.08. The summed E-state index contributed by atoms with van der Waals surface area (Å²) in [4.78, 5) is 0.528. The molecule has 31 heavy (non-hydrogen) atoms. The van der Waals surface area contributed by atoms with Crippen molar-refractivity contribution in [2.45, 2.75) is 42.6 Å². The highest BCUT2D eigenvalue weighted by molar-refractivity contribution is 8.16. The number of hydrogen-bond donors (Lipinski definition) is 2. The smallest absolute Gasteiger partial charge is 0.369 e. The van der Waals surface area contributed by atoms with Crippen LogP contribution in [0.1, 0.15) is 24.5 Å². The highest BCUT2D eigenvalue weighted by Crippen LogP contribution is 2.51. The van der Waals surface area contributed by atoms with Crippen LogP contribution in [0.2, 0.25) is 0 Å². The van der Waals surface area contributed by atoms with Crippen molar-refractivity contribution in [2.24, 2.45) is 0 Å². The first kappa shape index (κ1) is 23.6. The summed E-state index contributed by atoms with van der Waals surface area (Å²) in [5.74, 6) is -0.495. The molecule has 2 N–H and O–H groups in total. The summed E-state index contributed by atoms with van der Waals surface area (Å²) in [6.07, 6.45) is -11.4. The van der Waals surface area contributed by atoms with Crippen molar-refractivity contribution in [1.82, 2.24) is 0 Å². The fraction of sp³-hybridized carbons (Fsp3) is 0.350. The summed E-state index contributed by atoms with van der Waals surface area (Å²) < 4.78 is 94.4. The SMILES string of the molecule is C/C(O)=S(\c1ccc(F)cc1)N1CCCc2cc(C(O)(C(F)(F)F)C(F)(F)F)ccc21. The van der Waals surface area contributed by atoms with Crippen LogP contribution in [0.3, 0.4) is 0 Å². The Bertz CT molecular complexity index is 982. The molecule has 1 aliphatic rings. The van der Waals surface area contributed by atoms with E-state index in [0.29, 0.717) is 35.7 Å². The average Bonchev–Trinajstić information content (AvgIpc) is 2.66. The molecule has 0 spiro atoms. The molecule has 0 bridgehead atoms. The fourth-order valence-corrected chi connectivity index (χ4v) is 5.48. The summed E-state index contributed by atoms with van der Waals surface area (Å²) >= 11 is 0. The predicted molar refractivity (Wildman–Crippen MR) is 104 cm³/mol. The number of rotatable bonds is 3. The second kappa shape index (κ2) is 8.10. The Morgan fingerprint density at radius 1 is 0.968 bits per heavy atom. The lowest BCUT2D eigenvalue weighted by atomic mass is 9.89. The molecule has 11 heteroatoms. The fourth-order valence-electron chi connectivity index (χ4n) is 3.49. The number of alkyl halides is 6. The summed E-state index contributed by atoms with van der Waals surface area (Å²) in [7, 11) is -1.13. The van der Waals surface area contributed by atoms with E-state index in [-0.39, 0.29) is 17.0 Å². The van der Waals surface area contributed by atoms with Gasteiger partial charge in [-0.25, -0.2) is 4.39 Å². The Morgan fingerprint density at radius 3 is 2.06 bits per heavy atom. The maximum Gasteiger partial charge on any atom is 0.430 e. The second-order valence-electron chi connectivity index (χ2n) is 7.01. The molecule has 2 aromatic rings. The third kappa shape index (κ3) is 4.18. The van der Waals surface area contributed by atoms with Crippen LogP contribution in [0.5, 0.6) is 0 Å². The molecule has 0 fully saturated rings. The maximum atomic E-state index is 13.3. The quantitative estimate of drug-likeness (QED) is 0.439. The van der Waals surface area contributed by atoms with Gasteiger partial charge in [0.05, 0.1) is 10.7 Å². The third-order valence-corrected chi connectivity index (χ3v) is 7.03. The van der Waals surface area contributed by atoms with Gasteiger partial charge in [-0.3, -0.25) is 0 Å². The molecule has 3 rings (SSSR count). The first-order valence-corrected chi connectivity index (χ1v) is 10.2. The van der Waals surface area contributed by atoms with Crippen molar-refractivity contribution in [3.63, 3.8) is 0 Å². The van der Waals surface area contributed by atoms with Gasteiger partial charge in [-0.2, -0.15) is 26.3 Å². The van der Waals surface area contributed by atoms with E-state index in [0.717, 1.165) is 6.07 Å². The molecule has 0 saturated carbocycles. The molecule has 0 aromatic heterocycles. The van der Waals surface area contributed by atoms with Crippen molar-refractivity contribution in [1.29, 1.82) is 0 Å². The van der Waals surface area contributed by atoms with Gasteiger partial charge >= 0.3 is 12.4 Å². The zero-order valence-electron chi connectivity index (χ0n) is 16.1. The number of aliphatic hydroxyl groups excluding tert-OH is 1. The molecule has 1 heterocycles. The lowest BCUT2D eigenvalue weighted by Crippen LogP contribution is -2.54. The lowest BCUT2D eigenvalue weighted by molar-refractivity contribution is -0.376. The Labute approximate surface area is 175 Å². The predicted octanol–water partition coefficient (Wildman–Crippen LogP) is 5.84. The topological polar surface area (TPSA) is 43.7 Å². The van der Waals surface area contributed by atoms with Crippen molar-refractivity contribution in [3.8, 4) is 0 Å². The van der Waals surface area contributed by atoms with E-state index >= 15 is 0 Å². The summed E-state index contributed by atoms with van der Waals surface area (Å²) in [5.41, 5.74) is -5.81. The van der Waals surface area contributed by atoms with Gasteiger partial charge < -0.3 is 14.5 Å². The number of hydrogen-bond acceptors (Lipinski definition) is 2. The van der Waals surface area contributed by atoms with Crippen LogP contribution in [0, 0.1) is 5.82 Å². The number of fused-ring (bicyclic) bond motifs is 1. The van der Waals surface area contributed by atoms with Crippen LogP contribution < -0.4 is 4.31 Å². The summed E-state index contributed by atoms with van der Waals surface area (Å²) in [6.45, 7) is 1.79. The number of benzene rings is 2. The van der Waals surface area contributed by atoms with Gasteiger partial charge in [-0.15, -0.1) is 0 Å². The van der Waals surface area contributed by atoms with E-state index in [1.54, 1.807) is 4.31 Å². The van der Waals surface area contributed by atoms with Crippen molar-refractivity contribution >= 4 is 21.4 Å². The minimum Gasteiger partial charge on any atom is -0.369 e. The molecule has 0 amide bonds. The van der Waals surface area contributed by atoms with Crippen LogP contribution in [0.15, 0.2) is 47.4 Å². The molecule has 1 aliphatic heterocycles. The Hall–Kier alpha value is -2.11. The number of aliphatic hydroxyl groups is 2. The molecule has 1 atom stereocenters. The van der Waals surface area contributed by atoms with Gasteiger partial charge in [0.2, 0.25) is 0 Å². The van der Waals surface area contributed by atoms with Crippen LogP contribution in [-0.4, -0.2) is 34.2 Å². The van der Waals surface area contributed by atoms with E-state index in [4.69, 9.17) is 0 Å². The van der Waals surface area contributed by atoms with Crippen molar-refractivity contribution < 1.29 is 40.9 Å². The molecular formula is C20H18F7NO2S. The molecule has 0 aliphatic carbocycles. The molecule has 2 aromatic carbocycles. The van der Waals surface area contributed by atoms with Gasteiger partial charge in [-0.05, 0) is 66.3 Å². The summed E-state index contributed by atoms with van der Waals surface area (Å²) in [6, 6.07) is 7.68. The standard InChI is InChI=1S/C20H18F7NO2S/c1-12(29)31(16-7-5-15(21)6-8-16)28-10-2-3-13-11-14(4-9-17(13)28)18(30,19(22,23)24)20(25,26)27/h4-9,11,29-30H,2-3,10H2,1H3. The average molecular weight is 469 g/mol. The van der Waals surface area contributed by atoms with E-state index in [2.05, 4.69) is 0 Å². The van der Waals surface area contributed by atoms with E-state index in [9.17, 15) is 40.9 Å². The van der Waals surface area contributed by atoms with Crippen molar-refractivity contribution in [3.05, 3.63) is 59.4 Å². The minimum atomic E-state index is -5.97. The largest absolute Gasteiger partial charge is 0.430 e. The molecular weight excluding hydrogens is 451 g/mol. The Kier molecular flexibility index (Phi) is 6.16. The first-order chi connectivity index (χ1) is 14.3. The monoisotopic (exact) mass is 469 g/mol. The van der Waals surface area contributed by atoms with Crippen LogP contribution in [0.4, 0.5) is 36.4 Å². The Balaban J connectivity index is 2.12. The molecule has 0 radical (unpaired) electrons. The number of aryl methyl sites for hydroxylation is 1. The molecule has 0 saturated heterocycles. The maximum absolute atomic E-state index is 13.3. The van der Waals surface area contributed by atoms with E-state index in [1.165, 1.54) is 31.2 Å². The van der Waals surface area contributed by atoms with E-state index in [1.807, 2.05) is 0 Å². The molecule has 3 nitrogen and oxygen atoms in total. The zero-order chi connectivity index (χ0) is 23.2. The highest BCUT2D eigenvalue weighted by Gasteiger charge is 2.71. The zero-order valence-corrected chi connectivity index (χ0v) is 16.9. The van der Waals surface area contributed by atoms with Crippen molar-refractivity contribution in [2.75, 3.05) is 10.8 Å². The van der Waals surface area contributed by atoms with Crippen LogP contribution >= 0.6 is 10.7 Å². The number of nitrogens with zero attached hydrogens (tertiary/aromatic N) is 1. The van der Waals surface area contributed by atoms with E-state index < -0.39 is 40.0 Å². The van der Waals surface area contributed by atoms with Gasteiger partial charge in [0.15, 0.2) is 0 Å². The molecule has 1 unspecified atom stereocenters. The number of anilines is 1. The lowest BCUT2D eigenvalue weighted by Gasteiger charge is -2.37. The van der Waals surface area contributed by atoms with Gasteiger partial charge in [0, 0.05) is 17.0 Å². The number of halogens is 7. The summed E-state index contributed by atoms with van der Waals surface area (Å²) in [5, 5.41) is 19.9. The van der Waals surface area contributed by atoms with Crippen LogP contribution in [-0.2, 0) is 12.0 Å². The first-order valence-electron chi connectivity index (χ1n) is 9.06. The normalized spacial score (nSPS) is 16.7. The third-order valence-electron chi connectivity index (χ3n) is 4.93. The molecule has 170 valence electrons. The van der Waals surface area contributed by atoms with Gasteiger partial charge in [-0.1, -0.05) is 12.1 Å². The van der Waals surface area contributed by atoms with Gasteiger partial charge in [0.1, 0.15) is 5.82 Å². The van der Waals surface area contributed by atoms with Gasteiger partial charge in [0.25, 0.3) is 5.60 Å². The highest BCUT2D eigenvalue weighted by atomic mass is 32.2. The Morgan fingerprint density at radius 2 is 1.55 bits per heavy atom. The van der Waals surface area contributed by atoms with Crippen LogP contribution in [0.25, 0.3) is 0 Å². The minimum absolute atomic E-state index is 0.0503.